The van der Waals surface area contributed by atoms with Gasteiger partial charge in [0, 0.05) is 17.9 Å². The van der Waals surface area contributed by atoms with E-state index in [4.69, 9.17) is 4.74 Å². The Morgan fingerprint density at radius 3 is 2.60 bits per heavy atom. The Morgan fingerprint density at radius 1 is 1.47 bits per heavy atom. The molecule has 1 unspecified atom stereocenters. The highest BCUT2D eigenvalue weighted by atomic mass is 79.9. The first kappa shape index (κ1) is 12.0. The second-order valence-electron chi connectivity index (χ2n) is 3.30. The molecule has 1 aromatic rings. The van der Waals surface area contributed by atoms with Gasteiger partial charge in [0.2, 0.25) is 0 Å². The van der Waals surface area contributed by atoms with Crippen molar-refractivity contribution < 1.29 is 9.53 Å². The van der Waals surface area contributed by atoms with Gasteiger partial charge in [0.1, 0.15) is 6.10 Å². The lowest BCUT2D eigenvalue weighted by Crippen LogP contribution is -2.25. The molecule has 0 radical (unpaired) electrons. The quantitative estimate of drug-likeness (QED) is 0.918. The third-order valence-electron chi connectivity index (χ3n) is 1.95. The zero-order valence-electron chi connectivity index (χ0n) is 8.79. The summed E-state index contributed by atoms with van der Waals surface area (Å²) >= 11 is 3.37. The van der Waals surface area contributed by atoms with Crippen molar-refractivity contribution in [2.45, 2.75) is 19.4 Å². The van der Waals surface area contributed by atoms with Crippen molar-refractivity contribution in [1.29, 1.82) is 0 Å². The fraction of sp³-hybridized carbons (Fsp3) is 0.364. The van der Waals surface area contributed by atoms with Crippen LogP contribution in [0.15, 0.2) is 28.7 Å². The van der Waals surface area contributed by atoms with Gasteiger partial charge in [-0.1, -0.05) is 28.1 Å². The van der Waals surface area contributed by atoms with Gasteiger partial charge in [0.15, 0.2) is 0 Å². The van der Waals surface area contributed by atoms with Crippen LogP contribution in [0.1, 0.15) is 12.5 Å². The molecule has 0 saturated heterocycles. The van der Waals surface area contributed by atoms with Crippen molar-refractivity contribution >= 4 is 22.0 Å². The predicted octanol–water partition coefficient (Wildman–Crippen LogP) is 2.74. The first-order valence-corrected chi connectivity index (χ1v) is 5.54. The summed E-state index contributed by atoms with van der Waals surface area (Å²) in [5.74, 6) is 0. The lowest BCUT2D eigenvalue weighted by Gasteiger charge is -2.12. The molecule has 1 rings (SSSR count). The SMILES string of the molecule is CNC(=O)OC(C)Cc1ccc(Br)cc1. The third kappa shape index (κ3) is 4.34. The molecule has 0 bridgehead atoms. The number of carbonyl (C=O) groups is 1. The maximum atomic E-state index is 10.9. The molecular weight excluding hydrogens is 258 g/mol. The zero-order valence-corrected chi connectivity index (χ0v) is 10.4. The average Bonchev–Trinajstić information content (AvgIpc) is 2.21. The van der Waals surface area contributed by atoms with Gasteiger partial charge in [0.25, 0.3) is 0 Å². The van der Waals surface area contributed by atoms with E-state index in [0.717, 1.165) is 16.5 Å². The van der Waals surface area contributed by atoms with Gasteiger partial charge < -0.3 is 10.1 Å². The van der Waals surface area contributed by atoms with Crippen LogP contribution < -0.4 is 5.32 Å². The molecule has 1 N–H and O–H groups in total. The Hall–Kier alpha value is -1.03. The standard InChI is InChI=1S/C11H14BrNO2/c1-8(15-11(14)13-2)7-9-3-5-10(12)6-4-9/h3-6,8H,7H2,1-2H3,(H,13,14). The second-order valence-corrected chi connectivity index (χ2v) is 4.21. The molecule has 0 spiro atoms. The van der Waals surface area contributed by atoms with E-state index in [1.807, 2.05) is 31.2 Å². The predicted molar refractivity (Wildman–Crippen MR) is 62.8 cm³/mol. The highest BCUT2D eigenvalue weighted by Crippen LogP contribution is 2.12. The summed E-state index contributed by atoms with van der Waals surface area (Å²) in [6.45, 7) is 1.87. The summed E-state index contributed by atoms with van der Waals surface area (Å²) in [7, 11) is 1.55. The number of rotatable bonds is 3. The Morgan fingerprint density at radius 2 is 2.07 bits per heavy atom. The van der Waals surface area contributed by atoms with Gasteiger partial charge in [-0.05, 0) is 24.6 Å². The first-order chi connectivity index (χ1) is 7.11. The topological polar surface area (TPSA) is 38.3 Å². The molecule has 0 aliphatic heterocycles. The minimum Gasteiger partial charge on any atom is -0.446 e. The normalized spacial score (nSPS) is 11.9. The van der Waals surface area contributed by atoms with Crippen LogP contribution in [0.5, 0.6) is 0 Å². The number of amides is 1. The van der Waals surface area contributed by atoms with Gasteiger partial charge in [-0.25, -0.2) is 4.79 Å². The number of halogens is 1. The van der Waals surface area contributed by atoms with Crippen molar-refractivity contribution in [1.82, 2.24) is 5.32 Å². The number of hydrogen-bond donors (Lipinski definition) is 1. The Balaban J connectivity index is 2.47. The number of benzene rings is 1. The maximum Gasteiger partial charge on any atom is 0.407 e. The van der Waals surface area contributed by atoms with Crippen LogP contribution in [0, 0.1) is 0 Å². The fourth-order valence-electron chi connectivity index (χ4n) is 1.24. The molecular formula is C11H14BrNO2. The molecule has 1 aromatic carbocycles. The largest absolute Gasteiger partial charge is 0.446 e. The molecule has 0 aliphatic carbocycles. The Bertz CT molecular complexity index is 324. The summed E-state index contributed by atoms with van der Waals surface area (Å²) in [5, 5.41) is 2.42. The van der Waals surface area contributed by atoms with Crippen LogP contribution in [-0.4, -0.2) is 19.2 Å². The van der Waals surface area contributed by atoms with Crippen LogP contribution >= 0.6 is 15.9 Å². The number of carbonyl (C=O) groups excluding carboxylic acids is 1. The minimum absolute atomic E-state index is 0.119. The molecule has 3 nitrogen and oxygen atoms in total. The Kier molecular flexibility index (Phi) is 4.62. The molecule has 0 aliphatic rings. The van der Waals surface area contributed by atoms with E-state index in [2.05, 4.69) is 21.2 Å². The van der Waals surface area contributed by atoms with E-state index in [-0.39, 0.29) is 12.2 Å². The minimum atomic E-state index is -0.389. The summed E-state index contributed by atoms with van der Waals surface area (Å²) in [4.78, 5) is 10.9. The molecule has 82 valence electrons. The van der Waals surface area contributed by atoms with Gasteiger partial charge in [-0.15, -0.1) is 0 Å². The van der Waals surface area contributed by atoms with E-state index in [1.165, 1.54) is 0 Å². The molecule has 15 heavy (non-hydrogen) atoms. The first-order valence-electron chi connectivity index (χ1n) is 4.74. The molecule has 1 atom stereocenters. The van der Waals surface area contributed by atoms with E-state index < -0.39 is 0 Å². The molecule has 4 heteroatoms. The number of nitrogens with one attached hydrogen (secondary N) is 1. The zero-order chi connectivity index (χ0) is 11.3. The Labute approximate surface area is 97.9 Å². The van der Waals surface area contributed by atoms with Crippen molar-refractivity contribution in [3.8, 4) is 0 Å². The van der Waals surface area contributed by atoms with Crippen molar-refractivity contribution in [2.75, 3.05) is 7.05 Å². The van der Waals surface area contributed by atoms with Gasteiger partial charge in [-0.3, -0.25) is 0 Å². The van der Waals surface area contributed by atoms with E-state index in [9.17, 15) is 4.79 Å². The lowest BCUT2D eigenvalue weighted by atomic mass is 10.1. The monoisotopic (exact) mass is 271 g/mol. The average molecular weight is 272 g/mol. The van der Waals surface area contributed by atoms with Crippen LogP contribution in [-0.2, 0) is 11.2 Å². The molecule has 0 saturated carbocycles. The van der Waals surface area contributed by atoms with Crippen LogP contribution in [0.2, 0.25) is 0 Å². The van der Waals surface area contributed by atoms with E-state index in [1.54, 1.807) is 7.05 Å². The highest BCUT2D eigenvalue weighted by molar-refractivity contribution is 9.10. The smallest absolute Gasteiger partial charge is 0.407 e. The summed E-state index contributed by atoms with van der Waals surface area (Å²) in [5.41, 5.74) is 1.15. The van der Waals surface area contributed by atoms with Crippen molar-refractivity contribution in [3.05, 3.63) is 34.3 Å². The third-order valence-corrected chi connectivity index (χ3v) is 2.48. The molecule has 0 heterocycles. The molecule has 1 amide bonds. The van der Waals surface area contributed by atoms with Crippen LogP contribution in [0.3, 0.4) is 0 Å². The summed E-state index contributed by atoms with van der Waals surface area (Å²) < 4.78 is 6.12. The van der Waals surface area contributed by atoms with Gasteiger partial charge >= 0.3 is 6.09 Å². The summed E-state index contributed by atoms with van der Waals surface area (Å²) in [6, 6.07) is 7.96. The maximum absolute atomic E-state index is 10.9. The molecule has 0 fully saturated rings. The van der Waals surface area contributed by atoms with Gasteiger partial charge in [0.05, 0.1) is 0 Å². The molecule has 0 aromatic heterocycles. The van der Waals surface area contributed by atoms with E-state index in [0.29, 0.717) is 0 Å². The second kappa shape index (κ2) is 5.75. The van der Waals surface area contributed by atoms with Crippen LogP contribution in [0.25, 0.3) is 0 Å². The van der Waals surface area contributed by atoms with Crippen LogP contribution in [0.4, 0.5) is 4.79 Å². The number of hydrogen-bond acceptors (Lipinski definition) is 2. The summed E-state index contributed by atoms with van der Waals surface area (Å²) in [6.07, 6.45) is 0.214. The number of ether oxygens (including phenoxy) is 1. The fourth-order valence-corrected chi connectivity index (χ4v) is 1.50. The number of alkyl carbamates (subject to hydrolysis) is 1. The lowest BCUT2D eigenvalue weighted by molar-refractivity contribution is 0.109. The van der Waals surface area contributed by atoms with Crippen molar-refractivity contribution in [2.24, 2.45) is 0 Å². The highest BCUT2D eigenvalue weighted by Gasteiger charge is 2.08. The van der Waals surface area contributed by atoms with Gasteiger partial charge in [-0.2, -0.15) is 0 Å². The van der Waals surface area contributed by atoms with E-state index >= 15 is 0 Å². The van der Waals surface area contributed by atoms with Crippen molar-refractivity contribution in [3.63, 3.8) is 0 Å².